The van der Waals surface area contributed by atoms with Gasteiger partial charge in [0.05, 0.1) is 5.56 Å². The summed E-state index contributed by atoms with van der Waals surface area (Å²) in [5.41, 5.74) is 2.76. The standard InChI is InChI=1S/C28H24F3NO4S/c1-18-15-24(8-10-25(18)36-35-19(2)33)37-17-22-16-27(21-4-6-23(7-5-21)28(29,30)31)34-26(22)9-3-20-11-13-32-14-12-20/h4-8,10-16H,3,9,17H2,1-2H3. The second-order valence-electron chi connectivity index (χ2n) is 8.36. The number of carbonyl (C=O) groups is 1. The van der Waals surface area contributed by atoms with Crippen molar-refractivity contribution in [3.05, 3.63) is 101 Å². The van der Waals surface area contributed by atoms with Gasteiger partial charge in [-0.15, -0.1) is 11.8 Å². The molecular formula is C28H24F3NO4S. The van der Waals surface area contributed by atoms with Gasteiger partial charge in [-0.3, -0.25) is 14.8 Å². The predicted molar refractivity (Wildman–Crippen MR) is 134 cm³/mol. The Morgan fingerprint density at radius 1 is 1.00 bits per heavy atom. The van der Waals surface area contributed by atoms with E-state index in [1.165, 1.54) is 19.1 Å². The fourth-order valence-electron chi connectivity index (χ4n) is 3.64. The number of benzene rings is 2. The van der Waals surface area contributed by atoms with E-state index in [1.807, 2.05) is 37.3 Å². The van der Waals surface area contributed by atoms with Crippen molar-refractivity contribution in [3.63, 3.8) is 0 Å². The van der Waals surface area contributed by atoms with Gasteiger partial charge in [0, 0.05) is 47.5 Å². The SMILES string of the molecule is CC(=O)OOc1ccc(SCc2cc(-c3ccc(C(F)(F)F)cc3)oc2CCc2ccncc2)cc1C. The van der Waals surface area contributed by atoms with E-state index in [-0.39, 0.29) is 0 Å². The van der Waals surface area contributed by atoms with Gasteiger partial charge in [0.25, 0.3) is 0 Å². The quantitative estimate of drug-likeness (QED) is 0.127. The topological polar surface area (TPSA) is 61.6 Å². The molecule has 0 amide bonds. The number of alkyl halides is 3. The van der Waals surface area contributed by atoms with Crippen molar-refractivity contribution in [2.24, 2.45) is 0 Å². The van der Waals surface area contributed by atoms with E-state index in [4.69, 9.17) is 9.30 Å². The van der Waals surface area contributed by atoms with Crippen LogP contribution >= 0.6 is 11.8 Å². The predicted octanol–water partition coefficient (Wildman–Crippen LogP) is 7.60. The maximum Gasteiger partial charge on any atom is 0.416 e. The second-order valence-corrected chi connectivity index (χ2v) is 9.41. The van der Waals surface area contributed by atoms with Crippen LogP contribution in [0.1, 0.15) is 34.9 Å². The van der Waals surface area contributed by atoms with Crippen molar-refractivity contribution < 1.29 is 32.2 Å². The molecule has 0 aliphatic carbocycles. The minimum atomic E-state index is -4.39. The van der Waals surface area contributed by atoms with Crippen LogP contribution in [-0.4, -0.2) is 11.0 Å². The van der Waals surface area contributed by atoms with Gasteiger partial charge in [-0.2, -0.15) is 13.2 Å². The van der Waals surface area contributed by atoms with Crippen LogP contribution in [0, 0.1) is 6.92 Å². The van der Waals surface area contributed by atoms with E-state index >= 15 is 0 Å². The summed E-state index contributed by atoms with van der Waals surface area (Å²) < 4.78 is 45.1. The molecule has 5 nitrogen and oxygen atoms in total. The number of pyridine rings is 1. The number of halogens is 3. The molecule has 4 aromatic rings. The Hall–Kier alpha value is -3.72. The average Bonchev–Trinajstić information content (AvgIpc) is 3.29. The van der Waals surface area contributed by atoms with Crippen molar-refractivity contribution in [2.75, 3.05) is 0 Å². The van der Waals surface area contributed by atoms with Crippen LogP contribution < -0.4 is 4.89 Å². The maximum absolute atomic E-state index is 13.0. The molecule has 4 rings (SSSR count). The molecule has 0 unspecified atom stereocenters. The van der Waals surface area contributed by atoms with Crippen molar-refractivity contribution in [1.82, 2.24) is 4.98 Å². The van der Waals surface area contributed by atoms with Gasteiger partial charge >= 0.3 is 12.1 Å². The summed E-state index contributed by atoms with van der Waals surface area (Å²) in [4.78, 5) is 25.6. The Kier molecular flexibility index (Phi) is 8.23. The van der Waals surface area contributed by atoms with E-state index in [1.54, 1.807) is 30.2 Å². The lowest BCUT2D eigenvalue weighted by Gasteiger charge is -2.08. The Bertz CT molecular complexity index is 1350. The normalized spacial score (nSPS) is 11.4. The fourth-order valence-corrected chi connectivity index (χ4v) is 4.63. The molecule has 0 atom stereocenters. The maximum atomic E-state index is 13.0. The van der Waals surface area contributed by atoms with Crippen LogP contribution in [-0.2, 0) is 34.5 Å². The van der Waals surface area contributed by atoms with E-state index in [0.717, 1.165) is 45.9 Å². The van der Waals surface area contributed by atoms with E-state index in [0.29, 0.717) is 29.2 Å². The minimum absolute atomic E-state index is 0.450. The molecule has 0 radical (unpaired) electrons. The summed E-state index contributed by atoms with van der Waals surface area (Å²) in [5, 5.41) is 0. The highest BCUT2D eigenvalue weighted by Gasteiger charge is 2.30. The molecule has 0 N–H and O–H groups in total. The number of nitrogens with zero attached hydrogens (tertiary/aromatic N) is 1. The molecule has 0 bridgehead atoms. The third-order valence-corrected chi connectivity index (χ3v) is 6.62. The Labute approximate surface area is 216 Å². The third-order valence-electron chi connectivity index (χ3n) is 5.57. The summed E-state index contributed by atoms with van der Waals surface area (Å²) in [6, 6.07) is 16.3. The molecule has 9 heteroatoms. The highest BCUT2D eigenvalue weighted by molar-refractivity contribution is 7.98. The molecule has 2 aromatic carbocycles. The first-order valence-corrected chi connectivity index (χ1v) is 12.4. The van der Waals surface area contributed by atoms with E-state index in [2.05, 4.69) is 9.87 Å². The summed E-state index contributed by atoms with van der Waals surface area (Å²) in [7, 11) is 0. The number of rotatable bonds is 9. The molecule has 192 valence electrons. The van der Waals surface area contributed by atoms with E-state index < -0.39 is 17.7 Å². The summed E-state index contributed by atoms with van der Waals surface area (Å²) >= 11 is 1.59. The summed E-state index contributed by atoms with van der Waals surface area (Å²) in [6.45, 7) is 3.11. The number of hydrogen-bond donors (Lipinski definition) is 0. The van der Waals surface area contributed by atoms with Crippen LogP contribution in [0.4, 0.5) is 13.2 Å². The summed E-state index contributed by atoms with van der Waals surface area (Å²) in [6.07, 6.45) is 0.449. The molecule has 0 spiro atoms. The largest absolute Gasteiger partial charge is 0.461 e. The minimum Gasteiger partial charge on any atom is -0.461 e. The van der Waals surface area contributed by atoms with Gasteiger partial charge in [0.1, 0.15) is 11.5 Å². The first-order chi connectivity index (χ1) is 17.7. The number of carbonyl (C=O) groups excluding carboxylic acids is 1. The van der Waals surface area contributed by atoms with Crippen molar-refractivity contribution >= 4 is 17.7 Å². The van der Waals surface area contributed by atoms with Gasteiger partial charge in [0.2, 0.25) is 0 Å². The monoisotopic (exact) mass is 527 g/mol. The van der Waals surface area contributed by atoms with Crippen LogP contribution in [0.25, 0.3) is 11.3 Å². The first kappa shape index (κ1) is 26.3. The first-order valence-electron chi connectivity index (χ1n) is 11.5. The van der Waals surface area contributed by atoms with Crippen LogP contribution in [0.3, 0.4) is 0 Å². The smallest absolute Gasteiger partial charge is 0.416 e. The zero-order valence-electron chi connectivity index (χ0n) is 20.2. The second kappa shape index (κ2) is 11.6. The zero-order valence-corrected chi connectivity index (χ0v) is 21.0. The number of furan rings is 1. The van der Waals surface area contributed by atoms with Gasteiger partial charge in [-0.05, 0) is 73.0 Å². The van der Waals surface area contributed by atoms with Crippen LogP contribution in [0.15, 0.2) is 82.4 Å². The molecule has 2 aromatic heterocycles. The lowest BCUT2D eigenvalue weighted by molar-refractivity contribution is -0.211. The fraction of sp³-hybridized carbons (Fsp3) is 0.214. The molecule has 0 saturated carbocycles. The van der Waals surface area contributed by atoms with Crippen molar-refractivity contribution in [3.8, 4) is 17.1 Å². The van der Waals surface area contributed by atoms with Crippen LogP contribution in [0.2, 0.25) is 0 Å². The van der Waals surface area contributed by atoms with Gasteiger partial charge in [-0.1, -0.05) is 12.1 Å². The van der Waals surface area contributed by atoms with Crippen molar-refractivity contribution in [1.29, 1.82) is 0 Å². The van der Waals surface area contributed by atoms with Crippen LogP contribution in [0.5, 0.6) is 5.75 Å². The number of aryl methyl sites for hydroxylation is 3. The zero-order chi connectivity index (χ0) is 26.4. The van der Waals surface area contributed by atoms with Gasteiger partial charge in [0.15, 0.2) is 5.75 Å². The van der Waals surface area contributed by atoms with Gasteiger partial charge < -0.3 is 4.42 Å². The molecule has 0 aliphatic rings. The third kappa shape index (κ3) is 7.16. The summed E-state index contributed by atoms with van der Waals surface area (Å²) in [5.74, 6) is 1.81. The lowest BCUT2D eigenvalue weighted by atomic mass is 10.1. The Morgan fingerprint density at radius 3 is 2.38 bits per heavy atom. The van der Waals surface area contributed by atoms with Crippen molar-refractivity contribution in [2.45, 2.75) is 43.5 Å². The molecule has 37 heavy (non-hydrogen) atoms. The molecule has 2 heterocycles. The highest BCUT2D eigenvalue weighted by Crippen LogP contribution is 2.35. The number of thioether (sulfide) groups is 1. The Morgan fingerprint density at radius 2 is 1.73 bits per heavy atom. The molecule has 0 aliphatic heterocycles. The van der Waals surface area contributed by atoms with Gasteiger partial charge in [-0.25, -0.2) is 4.79 Å². The number of hydrogen-bond acceptors (Lipinski definition) is 6. The highest BCUT2D eigenvalue weighted by atomic mass is 32.2. The Balaban J connectivity index is 1.53. The van der Waals surface area contributed by atoms with E-state index in [9.17, 15) is 18.0 Å². The molecule has 0 saturated heterocycles. The number of aromatic nitrogens is 1. The average molecular weight is 528 g/mol. The molecular weight excluding hydrogens is 503 g/mol. The lowest BCUT2D eigenvalue weighted by Crippen LogP contribution is -2.03. The molecule has 0 fully saturated rings.